The van der Waals surface area contributed by atoms with Crippen LogP contribution in [0.4, 0.5) is 0 Å². The number of phosphoric acid groups is 1. The minimum absolute atomic E-state index is 0.0638. The molecule has 1 saturated heterocycles. The lowest BCUT2D eigenvalue weighted by Gasteiger charge is -2.29. The van der Waals surface area contributed by atoms with Crippen LogP contribution < -0.4 is 11.2 Å². The molecule has 14 nitrogen and oxygen atoms in total. The van der Waals surface area contributed by atoms with Crippen LogP contribution in [0.25, 0.3) is 10.4 Å². The fourth-order valence-corrected chi connectivity index (χ4v) is 6.44. The lowest BCUT2D eigenvalue weighted by molar-refractivity contribution is -0.118. The Morgan fingerprint density at radius 2 is 1.68 bits per heavy atom. The van der Waals surface area contributed by atoms with Gasteiger partial charge < -0.3 is 4.74 Å². The lowest BCUT2D eigenvalue weighted by atomic mass is 9.99. The molecule has 0 amide bonds. The van der Waals surface area contributed by atoms with E-state index in [-0.39, 0.29) is 54.5 Å². The van der Waals surface area contributed by atoms with Crippen molar-refractivity contribution in [3.8, 4) is 0 Å². The van der Waals surface area contributed by atoms with E-state index in [4.69, 9.17) is 23.8 Å². The largest absolute Gasteiger partial charge is 0.474 e. The van der Waals surface area contributed by atoms with Crippen molar-refractivity contribution in [1.29, 1.82) is 0 Å². The molecule has 0 spiro atoms. The van der Waals surface area contributed by atoms with Crippen molar-refractivity contribution in [2.75, 3.05) is 37.9 Å². The number of azide groups is 1. The lowest BCUT2D eigenvalue weighted by Crippen LogP contribution is -2.39. The molecule has 1 aromatic heterocycles. The molecule has 0 unspecified atom stereocenters. The molecule has 1 aliphatic rings. The van der Waals surface area contributed by atoms with Crippen LogP contribution in [0.15, 0.2) is 27.0 Å². The zero-order valence-electron chi connectivity index (χ0n) is 24.1. The molecule has 1 aliphatic heterocycles. The minimum Gasteiger partial charge on any atom is -0.349 e. The minimum atomic E-state index is -4.24. The number of phosphoric ester groups is 1. The summed E-state index contributed by atoms with van der Waals surface area (Å²) in [6.45, 7) is 9.89. The highest BCUT2D eigenvalue weighted by Gasteiger charge is 2.44. The van der Waals surface area contributed by atoms with Crippen LogP contribution in [0.3, 0.4) is 0 Å². The van der Waals surface area contributed by atoms with E-state index in [0.717, 1.165) is 23.5 Å². The predicted molar refractivity (Wildman–Crippen MR) is 157 cm³/mol. The number of nitrogens with one attached hydrogen (secondary N) is 1. The van der Waals surface area contributed by atoms with Crippen LogP contribution in [0.5, 0.6) is 0 Å². The average Bonchev–Trinajstić information content (AvgIpc) is 3.30. The molecule has 1 fully saturated rings. The van der Waals surface area contributed by atoms with E-state index < -0.39 is 41.7 Å². The first-order valence-electron chi connectivity index (χ1n) is 12.9. The predicted octanol–water partition coefficient (Wildman–Crippen LogP) is 4.66. The SMILES string of the molecule is CC(C)(C)C(=O)SCCOP(=O)(OCCSC(=O)C(C)(C)C)OC[C@]1(CN=[N+]=[N-])CC[C@H](n2ccc(=O)[nH]c2=O)O1. The molecule has 2 rings (SSSR count). The summed E-state index contributed by atoms with van der Waals surface area (Å²) in [4.78, 5) is 53.1. The van der Waals surface area contributed by atoms with E-state index in [1.54, 1.807) is 41.5 Å². The van der Waals surface area contributed by atoms with Crippen molar-refractivity contribution in [3.63, 3.8) is 0 Å². The van der Waals surface area contributed by atoms with E-state index >= 15 is 0 Å². The van der Waals surface area contributed by atoms with Gasteiger partial charge in [-0.2, -0.15) is 0 Å². The normalized spacial score (nSPS) is 19.6. The number of aromatic amines is 1. The van der Waals surface area contributed by atoms with Gasteiger partial charge in [0.25, 0.3) is 5.56 Å². The number of thioether (sulfide) groups is 2. The van der Waals surface area contributed by atoms with E-state index in [9.17, 15) is 23.7 Å². The first-order valence-corrected chi connectivity index (χ1v) is 16.3. The van der Waals surface area contributed by atoms with Gasteiger partial charge in [0.1, 0.15) is 11.8 Å². The second kappa shape index (κ2) is 15.0. The van der Waals surface area contributed by atoms with Gasteiger partial charge in [0.15, 0.2) is 10.2 Å². The smallest absolute Gasteiger partial charge is 0.349 e. The van der Waals surface area contributed by atoms with Crippen molar-refractivity contribution >= 4 is 41.6 Å². The molecule has 17 heteroatoms. The topological polar surface area (TPSA) is 192 Å². The average molecular weight is 636 g/mol. The second-order valence-corrected chi connectivity index (χ2v) is 15.2. The van der Waals surface area contributed by atoms with E-state index in [1.807, 2.05) is 0 Å². The van der Waals surface area contributed by atoms with Crippen molar-refractivity contribution in [2.24, 2.45) is 15.9 Å². The van der Waals surface area contributed by atoms with Crippen LogP contribution in [0.1, 0.15) is 60.6 Å². The van der Waals surface area contributed by atoms with Crippen molar-refractivity contribution in [2.45, 2.75) is 66.2 Å². The summed E-state index contributed by atoms with van der Waals surface area (Å²) in [7, 11) is -4.24. The third-order valence-corrected chi connectivity index (χ3v) is 9.59. The molecular weight excluding hydrogens is 597 g/mol. The first kappa shape index (κ1) is 35.3. The van der Waals surface area contributed by atoms with Crippen LogP contribution in [0.2, 0.25) is 0 Å². The van der Waals surface area contributed by atoms with Crippen molar-refractivity contribution in [1.82, 2.24) is 9.55 Å². The zero-order valence-corrected chi connectivity index (χ0v) is 26.6. The molecule has 230 valence electrons. The Kier molecular flexibility index (Phi) is 12.9. The summed E-state index contributed by atoms with van der Waals surface area (Å²) >= 11 is 2.06. The summed E-state index contributed by atoms with van der Waals surface area (Å²) in [6, 6.07) is 1.18. The van der Waals surface area contributed by atoms with Gasteiger partial charge in [0.2, 0.25) is 0 Å². The number of ether oxygens (including phenoxy) is 1. The Bertz CT molecular complexity index is 1250. The highest BCUT2D eigenvalue weighted by Crippen LogP contribution is 2.51. The maximum absolute atomic E-state index is 13.6. The number of rotatable bonds is 14. The molecule has 0 aromatic carbocycles. The third-order valence-electron chi connectivity index (χ3n) is 5.66. The van der Waals surface area contributed by atoms with Crippen molar-refractivity contribution in [3.05, 3.63) is 43.5 Å². The Balaban J connectivity index is 2.13. The van der Waals surface area contributed by atoms with Gasteiger partial charge in [0.05, 0.1) is 26.4 Å². The zero-order chi connectivity index (χ0) is 30.9. The van der Waals surface area contributed by atoms with Crippen molar-refractivity contribution < 1.29 is 32.5 Å². The van der Waals surface area contributed by atoms with Gasteiger partial charge in [-0.1, -0.05) is 70.2 Å². The van der Waals surface area contributed by atoms with Gasteiger partial charge >= 0.3 is 13.5 Å². The summed E-state index contributed by atoms with van der Waals surface area (Å²) in [5.41, 5.74) is 5.29. The number of hydrogen-bond donors (Lipinski definition) is 1. The summed E-state index contributed by atoms with van der Waals surface area (Å²) in [5.74, 6) is 0.392. The van der Waals surface area contributed by atoms with Crippen LogP contribution >= 0.6 is 31.3 Å². The summed E-state index contributed by atoms with van der Waals surface area (Å²) < 4.78 is 37.5. The Hall–Kier alpha value is -1.90. The van der Waals surface area contributed by atoms with Crippen LogP contribution in [0, 0.1) is 10.8 Å². The molecule has 0 saturated carbocycles. The quantitative estimate of drug-likeness (QED) is 0.0982. The second-order valence-electron chi connectivity index (χ2n) is 11.4. The number of carbonyl (C=O) groups excluding carboxylic acids is 2. The Morgan fingerprint density at radius 3 is 2.17 bits per heavy atom. The number of H-pyrrole nitrogens is 1. The van der Waals surface area contributed by atoms with Gasteiger partial charge in [-0.25, -0.2) is 9.36 Å². The number of nitrogens with zero attached hydrogens (tertiary/aromatic N) is 4. The molecule has 2 heterocycles. The fraction of sp³-hybridized carbons (Fsp3) is 0.750. The van der Waals surface area contributed by atoms with E-state index in [1.165, 1.54) is 16.8 Å². The Labute approximate surface area is 246 Å². The molecule has 2 atom stereocenters. The van der Waals surface area contributed by atoms with Gasteiger partial charge in [0, 0.05) is 39.5 Å². The number of hydrogen-bond acceptors (Lipinski definition) is 12. The van der Waals surface area contributed by atoms with E-state index in [0.29, 0.717) is 6.42 Å². The highest BCUT2D eigenvalue weighted by molar-refractivity contribution is 8.14. The standard InChI is InChI=1S/C24H38N5O9PS2/c1-22(2,3)19(31)40-13-11-35-39(34,36-12-14-41-20(32)23(4,5)6)37-16-24(15-26-28-25)9-7-18(38-24)29-10-8-17(30)27-21(29)33/h8,10,18H,7,9,11-16H2,1-6H3,(H,27,30,33)/t18-,24-/m1/s1. The summed E-state index contributed by atoms with van der Waals surface area (Å²) in [6.07, 6.45) is 1.05. The first-order chi connectivity index (χ1) is 19.0. The molecule has 0 aliphatic carbocycles. The molecule has 1 N–H and O–H groups in total. The number of carbonyl (C=O) groups is 2. The van der Waals surface area contributed by atoms with E-state index in [2.05, 4.69) is 15.0 Å². The van der Waals surface area contributed by atoms with Gasteiger partial charge in [-0.3, -0.25) is 37.5 Å². The molecular formula is C24H38N5O9PS2. The molecule has 1 aromatic rings. The molecule has 0 bridgehead atoms. The highest BCUT2D eigenvalue weighted by atomic mass is 32.2. The third kappa shape index (κ3) is 11.4. The van der Waals surface area contributed by atoms with Gasteiger partial charge in [-0.15, -0.1) is 0 Å². The number of aromatic nitrogens is 2. The maximum Gasteiger partial charge on any atom is 0.474 e. The maximum atomic E-state index is 13.6. The Morgan fingerprint density at radius 1 is 1.12 bits per heavy atom. The van der Waals surface area contributed by atoms with Crippen LogP contribution in [-0.2, 0) is 32.5 Å². The monoisotopic (exact) mass is 635 g/mol. The fourth-order valence-electron chi connectivity index (χ4n) is 3.38. The summed E-state index contributed by atoms with van der Waals surface area (Å²) in [5, 5.41) is 3.48. The van der Waals surface area contributed by atoms with Crippen LogP contribution in [-0.4, -0.2) is 63.3 Å². The molecule has 41 heavy (non-hydrogen) atoms. The van der Waals surface area contributed by atoms with Gasteiger partial charge in [-0.05, 0) is 18.4 Å². The molecule has 0 radical (unpaired) electrons.